The molecule has 248 valence electrons. The van der Waals surface area contributed by atoms with Gasteiger partial charge in [0.15, 0.2) is 0 Å². The Morgan fingerprint density at radius 3 is 0.585 bits per heavy atom. The van der Waals surface area contributed by atoms with E-state index >= 15 is 0 Å². The van der Waals surface area contributed by atoms with Crippen LogP contribution in [0.25, 0.3) is 0 Å². The molecule has 0 fully saturated rings. The van der Waals surface area contributed by atoms with Crippen molar-refractivity contribution in [2.24, 2.45) is 0 Å². The minimum absolute atomic E-state index is 0.194. The third-order valence-electron chi connectivity index (χ3n) is 8.48. The fourth-order valence-electron chi connectivity index (χ4n) is 5.81. The highest BCUT2D eigenvalue weighted by Gasteiger charge is 2.12. The molecule has 4 nitrogen and oxygen atoms in total. The van der Waals surface area contributed by atoms with E-state index in [1.165, 1.54) is 172 Å². The van der Waals surface area contributed by atoms with Crippen LogP contribution in [0.15, 0.2) is 0 Å². The molecular formula is C35H74O4P2. The molecule has 0 aliphatic rings. The first kappa shape index (κ1) is 41.7. The van der Waals surface area contributed by atoms with Crippen LogP contribution in [0.3, 0.4) is 0 Å². The van der Waals surface area contributed by atoms with E-state index in [1.807, 2.05) is 0 Å². The van der Waals surface area contributed by atoms with Gasteiger partial charge in [0.05, 0.1) is 0 Å². The molecule has 0 saturated carbocycles. The van der Waals surface area contributed by atoms with Gasteiger partial charge in [-0.3, -0.25) is 0 Å². The first-order chi connectivity index (χ1) is 20.3. The molecule has 0 aromatic carbocycles. The summed E-state index contributed by atoms with van der Waals surface area (Å²) in [6.45, 7) is 1.40. The summed E-state index contributed by atoms with van der Waals surface area (Å²) in [4.78, 5) is 0. The summed E-state index contributed by atoms with van der Waals surface area (Å²) in [6, 6.07) is 0. The SMILES string of the molecule is OCCCCCCCCP(CCCCCCCCO)CCCP(CCCCCCCCO)CCCCCCCCO. The van der Waals surface area contributed by atoms with Gasteiger partial charge in [-0.2, -0.15) is 0 Å². The van der Waals surface area contributed by atoms with Crippen LogP contribution < -0.4 is 0 Å². The molecule has 0 spiro atoms. The number of rotatable bonds is 36. The van der Waals surface area contributed by atoms with E-state index in [9.17, 15) is 0 Å². The average Bonchev–Trinajstić information content (AvgIpc) is 2.98. The minimum atomic E-state index is 0.194. The molecule has 0 rings (SSSR count). The normalized spacial score (nSPS) is 11.9. The summed E-state index contributed by atoms with van der Waals surface area (Å²) in [7, 11) is 0.387. The predicted molar refractivity (Wildman–Crippen MR) is 187 cm³/mol. The van der Waals surface area contributed by atoms with Crippen LogP contribution >= 0.6 is 15.8 Å². The van der Waals surface area contributed by atoms with Crippen LogP contribution in [-0.2, 0) is 0 Å². The highest BCUT2D eigenvalue weighted by Crippen LogP contribution is 2.43. The summed E-state index contributed by atoms with van der Waals surface area (Å²) >= 11 is 0. The Bertz CT molecular complexity index is 393. The molecule has 0 radical (unpaired) electrons. The number of hydrogen-bond donors (Lipinski definition) is 4. The lowest BCUT2D eigenvalue weighted by atomic mass is 10.1. The van der Waals surface area contributed by atoms with Crippen molar-refractivity contribution in [2.45, 2.75) is 161 Å². The van der Waals surface area contributed by atoms with Gasteiger partial charge in [0.1, 0.15) is 0 Å². The van der Waals surface area contributed by atoms with Crippen LogP contribution in [0.2, 0.25) is 0 Å². The van der Waals surface area contributed by atoms with E-state index in [2.05, 4.69) is 0 Å². The van der Waals surface area contributed by atoms with Gasteiger partial charge in [-0.05, 0) is 94.8 Å². The Kier molecular flexibility index (Phi) is 37.5. The fraction of sp³-hybridized carbons (Fsp3) is 1.00. The standard InChI is InChI=1S/C35H74O4P2/c36-26-17-9-1-5-13-21-30-40(31-22-14-6-2-10-18-27-37)34-25-35-41(32-23-15-7-3-11-19-28-38)33-24-16-8-4-12-20-29-39/h36-39H,1-35H2. The third-order valence-corrected chi connectivity index (χ3v) is 14.2. The topological polar surface area (TPSA) is 80.9 Å². The highest BCUT2D eigenvalue weighted by molar-refractivity contribution is 7.58. The molecule has 0 unspecified atom stereocenters. The fourth-order valence-corrected chi connectivity index (χ4v) is 11.3. The van der Waals surface area contributed by atoms with Crippen LogP contribution in [-0.4, -0.2) is 83.8 Å². The van der Waals surface area contributed by atoms with Gasteiger partial charge in [0, 0.05) is 26.4 Å². The maximum absolute atomic E-state index is 9.00. The first-order valence-corrected chi connectivity index (χ1v) is 22.0. The molecule has 41 heavy (non-hydrogen) atoms. The summed E-state index contributed by atoms with van der Waals surface area (Å²) in [5.74, 6) is 0. The van der Waals surface area contributed by atoms with E-state index in [-0.39, 0.29) is 15.8 Å². The Balaban J connectivity index is 4.49. The van der Waals surface area contributed by atoms with E-state index in [0.29, 0.717) is 26.4 Å². The molecule has 4 N–H and O–H groups in total. The van der Waals surface area contributed by atoms with Crippen LogP contribution in [0.4, 0.5) is 0 Å². The van der Waals surface area contributed by atoms with E-state index in [1.54, 1.807) is 0 Å². The lowest BCUT2D eigenvalue weighted by Crippen LogP contribution is -2.02. The molecular weight excluding hydrogens is 546 g/mol. The second kappa shape index (κ2) is 36.9. The van der Waals surface area contributed by atoms with Crippen molar-refractivity contribution in [3.8, 4) is 0 Å². The molecule has 0 amide bonds. The van der Waals surface area contributed by atoms with Gasteiger partial charge in [0.2, 0.25) is 0 Å². The molecule has 0 saturated heterocycles. The van der Waals surface area contributed by atoms with Crippen molar-refractivity contribution >= 4 is 15.8 Å². The van der Waals surface area contributed by atoms with Crippen molar-refractivity contribution in [1.29, 1.82) is 0 Å². The van der Waals surface area contributed by atoms with Gasteiger partial charge in [0.25, 0.3) is 0 Å². The van der Waals surface area contributed by atoms with Crippen molar-refractivity contribution in [3.63, 3.8) is 0 Å². The van der Waals surface area contributed by atoms with Gasteiger partial charge in [-0.15, -0.1) is 15.8 Å². The highest BCUT2D eigenvalue weighted by atomic mass is 31.1. The number of aliphatic hydroxyl groups excluding tert-OH is 4. The molecule has 0 bridgehead atoms. The lowest BCUT2D eigenvalue weighted by molar-refractivity contribution is 0.282. The maximum Gasteiger partial charge on any atom is 0.0431 e. The Hall–Kier alpha value is 0.700. The Morgan fingerprint density at radius 2 is 0.366 bits per heavy atom. The zero-order valence-corrected chi connectivity index (χ0v) is 29.2. The summed E-state index contributed by atoms with van der Waals surface area (Å²) < 4.78 is 0. The van der Waals surface area contributed by atoms with Crippen molar-refractivity contribution in [3.05, 3.63) is 0 Å². The molecule has 0 aromatic heterocycles. The second-order valence-electron chi connectivity index (χ2n) is 12.4. The van der Waals surface area contributed by atoms with Gasteiger partial charge < -0.3 is 20.4 Å². The predicted octanol–water partition coefficient (Wildman–Crippen LogP) is 9.67. The lowest BCUT2D eigenvalue weighted by Gasteiger charge is -2.22. The summed E-state index contributed by atoms with van der Waals surface area (Å²) in [6.07, 6.45) is 40.8. The number of aliphatic hydroxyl groups is 4. The molecule has 0 aliphatic carbocycles. The molecule has 0 heterocycles. The van der Waals surface area contributed by atoms with E-state index in [0.717, 1.165) is 25.7 Å². The van der Waals surface area contributed by atoms with Gasteiger partial charge in [-0.25, -0.2) is 0 Å². The van der Waals surface area contributed by atoms with Crippen molar-refractivity contribution in [1.82, 2.24) is 0 Å². The van der Waals surface area contributed by atoms with E-state index in [4.69, 9.17) is 20.4 Å². The molecule has 0 atom stereocenters. The smallest absolute Gasteiger partial charge is 0.0431 e. The molecule has 0 aliphatic heterocycles. The van der Waals surface area contributed by atoms with Gasteiger partial charge in [-0.1, -0.05) is 103 Å². The Labute approximate surface area is 259 Å². The zero-order chi connectivity index (χ0) is 29.9. The van der Waals surface area contributed by atoms with Crippen molar-refractivity contribution < 1.29 is 20.4 Å². The van der Waals surface area contributed by atoms with Crippen LogP contribution in [0.1, 0.15) is 161 Å². The maximum atomic E-state index is 9.00. The largest absolute Gasteiger partial charge is 0.396 e. The average molecular weight is 621 g/mol. The molecule has 6 heteroatoms. The third kappa shape index (κ3) is 33.4. The number of unbranched alkanes of at least 4 members (excludes halogenated alkanes) is 20. The molecule has 0 aromatic rings. The van der Waals surface area contributed by atoms with Crippen LogP contribution in [0, 0.1) is 0 Å². The quantitative estimate of drug-likeness (QED) is 0.0415. The monoisotopic (exact) mass is 621 g/mol. The number of hydrogen-bond acceptors (Lipinski definition) is 4. The van der Waals surface area contributed by atoms with Crippen LogP contribution in [0.5, 0.6) is 0 Å². The first-order valence-electron chi connectivity index (χ1n) is 18.2. The van der Waals surface area contributed by atoms with Crippen molar-refractivity contribution in [2.75, 3.05) is 63.4 Å². The van der Waals surface area contributed by atoms with E-state index < -0.39 is 0 Å². The second-order valence-corrected chi connectivity index (χ2v) is 17.8. The zero-order valence-electron chi connectivity index (χ0n) is 27.4. The van der Waals surface area contributed by atoms with Gasteiger partial charge >= 0.3 is 0 Å². The Morgan fingerprint density at radius 1 is 0.195 bits per heavy atom. The summed E-state index contributed by atoms with van der Waals surface area (Å²) in [5.41, 5.74) is 0. The minimum Gasteiger partial charge on any atom is -0.396 e. The summed E-state index contributed by atoms with van der Waals surface area (Å²) in [5, 5.41) is 36.0.